The number of hydrogen-bond donors (Lipinski definition) is 2. The molecule has 126 valence electrons. The molecule has 1 heterocycles. The Morgan fingerprint density at radius 1 is 1.33 bits per heavy atom. The van der Waals surface area contributed by atoms with Gasteiger partial charge in [0.2, 0.25) is 0 Å². The van der Waals surface area contributed by atoms with Crippen molar-refractivity contribution < 1.29 is 23.4 Å². The maximum Gasteiger partial charge on any atom is 0.261 e. The molecule has 2 unspecified atom stereocenters. The predicted octanol–water partition coefficient (Wildman–Crippen LogP) is 2.29. The van der Waals surface area contributed by atoms with Gasteiger partial charge in [-0.05, 0) is 24.6 Å². The van der Waals surface area contributed by atoms with Crippen LogP contribution >= 0.6 is 0 Å². The molecule has 1 aliphatic heterocycles. The summed E-state index contributed by atoms with van der Waals surface area (Å²) in [5, 5.41) is 13.0. The largest absolute Gasteiger partial charge is 0.480 e. The van der Waals surface area contributed by atoms with Gasteiger partial charge in [0.25, 0.3) is 5.91 Å². The lowest BCUT2D eigenvalue weighted by Crippen LogP contribution is -2.44. The smallest absolute Gasteiger partial charge is 0.261 e. The van der Waals surface area contributed by atoms with E-state index in [4.69, 9.17) is 4.74 Å². The average Bonchev–Trinajstić information content (AvgIpc) is 2.96. The van der Waals surface area contributed by atoms with Gasteiger partial charge in [-0.2, -0.15) is 0 Å². The zero-order valence-electron chi connectivity index (χ0n) is 13.1. The zero-order valence-corrected chi connectivity index (χ0v) is 13.1. The van der Waals surface area contributed by atoms with Gasteiger partial charge in [-0.25, -0.2) is 8.78 Å². The van der Waals surface area contributed by atoms with Gasteiger partial charge in [-0.15, -0.1) is 0 Å². The van der Waals surface area contributed by atoms with Crippen LogP contribution in [0.5, 0.6) is 5.75 Å². The number of ether oxygens (including phenoxy) is 1. The molecule has 1 amide bonds. The van der Waals surface area contributed by atoms with Crippen molar-refractivity contribution >= 4 is 5.91 Å². The van der Waals surface area contributed by atoms with Gasteiger partial charge < -0.3 is 15.2 Å². The molecule has 0 spiro atoms. The maximum atomic E-state index is 13.8. The molecule has 0 fully saturated rings. The highest BCUT2D eigenvalue weighted by molar-refractivity contribution is 5.82. The second-order valence-electron chi connectivity index (χ2n) is 6.03. The first kappa shape index (κ1) is 16.4. The molecule has 2 atom stereocenters. The molecule has 0 aliphatic carbocycles. The molecular weight excluding hydrogens is 316 g/mol. The predicted molar refractivity (Wildman–Crippen MR) is 83.5 cm³/mol. The number of halogens is 2. The van der Waals surface area contributed by atoms with Gasteiger partial charge in [-0.1, -0.05) is 24.3 Å². The third-order valence-corrected chi connectivity index (χ3v) is 4.06. The van der Waals surface area contributed by atoms with Crippen molar-refractivity contribution in [1.82, 2.24) is 5.32 Å². The highest BCUT2D eigenvalue weighted by atomic mass is 19.1. The van der Waals surface area contributed by atoms with E-state index in [0.717, 1.165) is 11.6 Å². The molecule has 0 aromatic heterocycles. The summed E-state index contributed by atoms with van der Waals surface area (Å²) >= 11 is 0. The Bertz CT molecular complexity index is 752. The minimum atomic E-state index is -1.67. The van der Waals surface area contributed by atoms with Gasteiger partial charge in [-0.3, -0.25) is 4.79 Å². The summed E-state index contributed by atoms with van der Waals surface area (Å²) in [6.07, 6.45) is -0.244. The highest BCUT2D eigenvalue weighted by Crippen LogP contribution is 2.28. The van der Waals surface area contributed by atoms with Gasteiger partial charge in [0.1, 0.15) is 23.0 Å². The molecule has 0 radical (unpaired) electrons. The van der Waals surface area contributed by atoms with Crippen molar-refractivity contribution in [3.8, 4) is 5.75 Å². The van der Waals surface area contributed by atoms with Gasteiger partial charge >= 0.3 is 0 Å². The molecule has 0 saturated carbocycles. The van der Waals surface area contributed by atoms with Crippen molar-refractivity contribution in [2.75, 3.05) is 6.54 Å². The fraction of sp³-hybridized carbons (Fsp3) is 0.278. The van der Waals surface area contributed by atoms with E-state index >= 15 is 0 Å². The lowest BCUT2D eigenvalue weighted by atomic mass is 9.95. The molecule has 2 aromatic rings. The minimum absolute atomic E-state index is 0.0835. The number of carbonyl (C=O) groups excluding carboxylic acids is 1. The van der Waals surface area contributed by atoms with Crippen LogP contribution in [0.4, 0.5) is 8.78 Å². The molecule has 4 nitrogen and oxygen atoms in total. The van der Waals surface area contributed by atoms with E-state index in [1.165, 1.54) is 13.0 Å². The molecule has 0 bridgehead atoms. The van der Waals surface area contributed by atoms with E-state index < -0.39 is 29.2 Å². The van der Waals surface area contributed by atoms with E-state index in [-0.39, 0.29) is 12.1 Å². The van der Waals surface area contributed by atoms with Crippen LogP contribution in [0.1, 0.15) is 18.1 Å². The number of rotatable bonds is 4. The summed E-state index contributed by atoms with van der Waals surface area (Å²) < 4.78 is 32.4. The molecule has 1 aliphatic rings. The van der Waals surface area contributed by atoms with Crippen LogP contribution in [0.25, 0.3) is 0 Å². The molecule has 0 saturated heterocycles. The fourth-order valence-electron chi connectivity index (χ4n) is 2.72. The number of para-hydroxylation sites is 1. The number of hydrogen-bond acceptors (Lipinski definition) is 3. The average molecular weight is 333 g/mol. The summed E-state index contributed by atoms with van der Waals surface area (Å²) in [4.78, 5) is 12.2. The van der Waals surface area contributed by atoms with Crippen molar-refractivity contribution in [1.29, 1.82) is 0 Å². The molecule has 2 N–H and O–H groups in total. The molecule has 3 rings (SSSR count). The Morgan fingerprint density at radius 3 is 2.79 bits per heavy atom. The zero-order chi connectivity index (χ0) is 17.3. The van der Waals surface area contributed by atoms with Gasteiger partial charge in [0.15, 0.2) is 6.10 Å². The monoisotopic (exact) mass is 333 g/mol. The minimum Gasteiger partial charge on any atom is -0.480 e. The van der Waals surface area contributed by atoms with Crippen molar-refractivity contribution in [2.45, 2.75) is 25.0 Å². The van der Waals surface area contributed by atoms with E-state index in [9.17, 15) is 18.7 Å². The number of aliphatic hydroxyl groups is 1. The van der Waals surface area contributed by atoms with Crippen molar-refractivity contribution in [2.24, 2.45) is 0 Å². The van der Waals surface area contributed by atoms with Crippen LogP contribution in [0, 0.1) is 11.6 Å². The number of benzene rings is 2. The number of fused-ring (bicyclic) bond motifs is 1. The summed E-state index contributed by atoms with van der Waals surface area (Å²) in [5.74, 6) is -1.32. The quantitative estimate of drug-likeness (QED) is 0.903. The molecule has 24 heavy (non-hydrogen) atoms. The van der Waals surface area contributed by atoms with Crippen LogP contribution in [0.3, 0.4) is 0 Å². The Labute approximate surface area is 138 Å². The van der Waals surface area contributed by atoms with Crippen LogP contribution in [-0.2, 0) is 16.8 Å². The van der Waals surface area contributed by atoms with Crippen LogP contribution < -0.4 is 10.1 Å². The first-order valence-corrected chi connectivity index (χ1v) is 7.57. The second kappa shape index (κ2) is 6.20. The molecular formula is C18H17F2NO3. The first-order chi connectivity index (χ1) is 11.4. The highest BCUT2D eigenvalue weighted by Gasteiger charge is 2.32. The molecule has 6 heteroatoms. The summed E-state index contributed by atoms with van der Waals surface area (Å²) in [7, 11) is 0. The van der Waals surface area contributed by atoms with Crippen molar-refractivity contribution in [3.63, 3.8) is 0 Å². The van der Waals surface area contributed by atoms with E-state index in [1.807, 2.05) is 18.2 Å². The number of nitrogens with one attached hydrogen (secondary N) is 1. The van der Waals surface area contributed by atoms with E-state index in [1.54, 1.807) is 6.07 Å². The van der Waals surface area contributed by atoms with Crippen LogP contribution in [-0.4, -0.2) is 23.7 Å². The molecule has 2 aromatic carbocycles. The van der Waals surface area contributed by atoms with Crippen LogP contribution in [0.15, 0.2) is 42.5 Å². The summed E-state index contributed by atoms with van der Waals surface area (Å²) in [6.45, 7) is 1.14. The first-order valence-electron chi connectivity index (χ1n) is 7.57. The number of carbonyl (C=O) groups is 1. The normalized spacial score (nSPS) is 18.4. The Morgan fingerprint density at radius 2 is 2.08 bits per heavy atom. The maximum absolute atomic E-state index is 13.8. The third-order valence-electron chi connectivity index (χ3n) is 4.06. The Hall–Kier alpha value is -2.47. The summed E-state index contributed by atoms with van der Waals surface area (Å²) in [6, 6.07) is 10.3. The lowest BCUT2D eigenvalue weighted by molar-refractivity contribution is -0.128. The van der Waals surface area contributed by atoms with Crippen LogP contribution in [0.2, 0.25) is 0 Å². The lowest BCUT2D eigenvalue weighted by Gasteiger charge is -2.25. The van der Waals surface area contributed by atoms with E-state index in [2.05, 4.69) is 5.32 Å². The number of amides is 1. The summed E-state index contributed by atoms with van der Waals surface area (Å²) in [5.41, 5.74) is -0.812. The van der Waals surface area contributed by atoms with E-state index in [0.29, 0.717) is 18.2 Å². The Balaban J connectivity index is 1.64. The standard InChI is InChI=1S/C18H17F2NO3/c1-18(23,13-7-6-12(19)9-14(13)20)10-21-17(22)16-8-11-4-2-3-5-15(11)24-16/h2-7,9,16,23H,8,10H2,1H3,(H,21,22). The third kappa shape index (κ3) is 3.23. The fourth-order valence-corrected chi connectivity index (χ4v) is 2.72. The van der Waals surface area contributed by atoms with Crippen molar-refractivity contribution in [3.05, 3.63) is 65.2 Å². The second-order valence-corrected chi connectivity index (χ2v) is 6.03. The van der Waals surface area contributed by atoms with Gasteiger partial charge in [0.05, 0.1) is 6.54 Å². The van der Waals surface area contributed by atoms with Gasteiger partial charge in [0, 0.05) is 18.1 Å². The Kier molecular flexibility index (Phi) is 4.24. The SMILES string of the molecule is CC(O)(CNC(=O)C1Cc2ccccc2O1)c1ccc(F)cc1F. The topological polar surface area (TPSA) is 58.6 Å².